The van der Waals surface area contributed by atoms with E-state index in [2.05, 4.69) is 121 Å². The highest BCUT2D eigenvalue weighted by Gasteiger charge is 2.42. The molecule has 0 heteroatoms. The molecule has 11 rings (SSSR count). The van der Waals surface area contributed by atoms with Crippen LogP contribution in [-0.4, -0.2) is 0 Å². The summed E-state index contributed by atoms with van der Waals surface area (Å²) in [6.45, 7) is 19.0. The van der Waals surface area contributed by atoms with Crippen molar-refractivity contribution in [3.63, 3.8) is 0 Å². The Balaban J connectivity index is 0.00000384. The van der Waals surface area contributed by atoms with E-state index in [9.17, 15) is 0 Å². The first-order valence-corrected chi connectivity index (χ1v) is 22.2. The Hall–Kier alpha value is -3.90. The normalized spacial score (nSPS) is 30.4. The largest absolute Gasteiger partial charge is 0.0990 e. The summed E-state index contributed by atoms with van der Waals surface area (Å²) in [5.74, 6) is 5.98. The molecule has 4 aliphatic rings. The van der Waals surface area contributed by atoms with E-state index in [-0.39, 0.29) is 18.3 Å². The second-order valence-corrected chi connectivity index (χ2v) is 21.3. The van der Waals surface area contributed by atoms with Crippen LogP contribution in [0.15, 0.2) is 73.3 Å². The van der Waals surface area contributed by atoms with E-state index in [0.717, 1.165) is 35.5 Å². The van der Waals surface area contributed by atoms with Gasteiger partial charge >= 0.3 is 0 Å². The van der Waals surface area contributed by atoms with Gasteiger partial charge in [-0.2, -0.15) is 0 Å². The van der Waals surface area contributed by atoms with Crippen molar-refractivity contribution in [2.45, 2.75) is 124 Å². The summed E-state index contributed by atoms with van der Waals surface area (Å²) in [5, 5.41) is 20.0. The fraction of sp³-hybridized carbons (Fsp3) is 0.464. The monoisotopic (exact) mass is 737 g/mol. The fourth-order valence-corrected chi connectivity index (χ4v) is 14.1. The molecule has 288 valence electrons. The zero-order chi connectivity index (χ0) is 37.5. The Kier molecular flexibility index (Phi) is 8.33. The van der Waals surface area contributed by atoms with Crippen LogP contribution in [0.25, 0.3) is 76.8 Å². The SMILES string of the molecule is C.C=C/C=c1\c(=C/C2CC3CC(C)CC(C2)C3)c2cc3c(cc4c5ccc(C6(C)CC7CC(C)CC(C7)C6)cc5c5cccc3c54)c3cc(C(C)(C)C)cc1c23. The van der Waals surface area contributed by atoms with Crippen LogP contribution in [0.4, 0.5) is 0 Å². The first-order valence-electron chi connectivity index (χ1n) is 22.2. The highest BCUT2D eigenvalue weighted by Crippen LogP contribution is 2.53. The molecule has 7 aromatic rings. The lowest BCUT2D eigenvalue weighted by Crippen LogP contribution is -2.38. The van der Waals surface area contributed by atoms with Crippen molar-refractivity contribution in [2.75, 3.05) is 0 Å². The van der Waals surface area contributed by atoms with Gasteiger partial charge in [-0.1, -0.05) is 104 Å². The molecule has 0 aliphatic heterocycles. The van der Waals surface area contributed by atoms with Gasteiger partial charge in [-0.05, 0) is 233 Å². The second kappa shape index (κ2) is 12.8. The molecule has 7 aromatic carbocycles. The Bertz CT molecular complexity index is 2770. The minimum Gasteiger partial charge on any atom is -0.0990 e. The van der Waals surface area contributed by atoms with Gasteiger partial charge < -0.3 is 0 Å². The molecule has 4 atom stereocenters. The van der Waals surface area contributed by atoms with Crippen molar-refractivity contribution >= 4 is 76.8 Å². The third kappa shape index (κ3) is 5.51. The van der Waals surface area contributed by atoms with Crippen LogP contribution in [0.1, 0.15) is 124 Å². The molecule has 0 aromatic heterocycles. The lowest BCUT2D eigenvalue weighted by atomic mass is 9.57. The summed E-state index contributed by atoms with van der Waals surface area (Å²) < 4.78 is 0. The van der Waals surface area contributed by atoms with Gasteiger partial charge in [0.05, 0.1) is 0 Å². The van der Waals surface area contributed by atoms with Gasteiger partial charge in [-0.3, -0.25) is 0 Å². The number of fused-ring (bicyclic) bond motifs is 10. The fourth-order valence-electron chi connectivity index (χ4n) is 14.1. The zero-order valence-corrected chi connectivity index (χ0v) is 34.3. The Labute approximate surface area is 335 Å². The smallest absolute Gasteiger partial charge is 0.00198 e. The molecule has 4 aliphatic carbocycles. The van der Waals surface area contributed by atoms with Gasteiger partial charge in [0, 0.05) is 0 Å². The van der Waals surface area contributed by atoms with Crippen LogP contribution >= 0.6 is 0 Å². The van der Waals surface area contributed by atoms with Gasteiger partial charge in [0.25, 0.3) is 0 Å². The molecular weight excluding hydrogens is 673 g/mol. The van der Waals surface area contributed by atoms with Crippen LogP contribution in [0.2, 0.25) is 0 Å². The van der Waals surface area contributed by atoms with Gasteiger partial charge in [0.2, 0.25) is 0 Å². The maximum Gasteiger partial charge on any atom is -0.00198 e. The molecule has 0 N–H and O–H groups in total. The molecule has 0 nitrogen and oxygen atoms in total. The quantitative estimate of drug-likeness (QED) is 0.158. The summed E-state index contributed by atoms with van der Waals surface area (Å²) in [4.78, 5) is 0. The lowest BCUT2D eigenvalue weighted by molar-refractivity contribution is 0.0899. The van der Waals surface area contributed by atoms with E-state index >= 15 is 0 Å². The van der Waals surface area contributed by atoms with E-state index in [4.69, 9.17) is 0 Å². The minimum absolute atomic E-state index is 0. The molecule has 4 saturated carbocycles. The Morgan fingerprint density at radius 2 is 1.11 bits per heavy atom. The number of hydrogen-bond donors (Lipinski definition) is 0. The summed E-state index contributed by atoms with van der Waals surface area (Å²) in [6.07, 6.45) is 21.1. The molecule has 0 heterocycles. The molecule has 4 bridgehead atoms. The van der Waals surface area contributed by atoms with E-state index in [0.29, 0.717) is 5.92 Å². The third-order valence-corrected chi connectivity index (χ3v) is 15.9. The summed E-state index contributed by atoms with van der Waals surface area (Å²) >= 11 is 0. The van der Waals surface area contributed by atoms with Crippen LogP contribution in [-0.2, 0) is 10.8 Å². The van der Waals surface area contributed by atoms with Crippen molar-refractivity contribution in [1.82, 2.24) is 0 Å². The van der Waals surface area contributed by atoms with Crippen molar-refractivity contribution in [3.05, 3.63) is 94.9 Å². The van der Waals surface area contributed by atoms with E-state index in [1.807, 2.05) is 6.08 Å². The average Bonchev–Trinajstić information content (AvgIpc) is 3.60. The van der Waals surface area contributed by atoms with E-state index in [1.165, 1.54) is 145 Å². The first-order chi connectivity index (χ1) is 26.4. The molecule has 4 unspecified atom stereocenters. The average molecular weight is 737 g/mol. The van der Waals surface area contributed by atoms with Crippen LogP contribution in [0, 0.1) is 41.4 Å². The molecule has 4 fully saturated rings. The number of benzene rings is 5. The summed E-state index contributed by atoms with van der Waals surface area (Å²) in [5.41, 5.74) is 3.29. The summed E-state index contributed by atoms with van der Waals surface area (Å²) in [6, 6.07) is 25.2. The lowest BCUT2D eigenvalue weighted by Gasteiger charge is -2.47. The highest BCUT2D eigenvalue weighted by molar-refractivity contribution is 6.38. The number of allylic oxidation sites excluding steroid dienone is 1. The van der Waals surface area contributed by atoms with E-state index in [1.54, 1.807) is 5.56 Å². The molecular formula is C56H64. The Morgan fingerprint density at radius 3 is 1.77 bits per heavy atom. The van der Waals surface area contributed by atoms with Crippen molar-refractivity contribution in [3.8, 4) is 0 Å². The van der Waals surface area contributed by atoms with Crippen molar-refractivity contribution < 1.29 is 0 Å². The molecule has 56 heavy (non-hydrogen) atoms. The molecule has 0 saturated heterocycles. The maximum absolute atomic E-state index is 4.26. The van der Waals surface area contributed by atoms with E-state index < -0.39 is 0 Å². The van der Waals surface area contributed by atoms with Gasteiger partial charge in [0.1, 0.15) is 0 Å². The Morgan fingerprint density at radius 1 is 0.571 bits per heavy atom. The van der Waals surface area contributed by atoms with Gasteiger partial charge in [-0.25, -0.2) is 0 Å². The second-order valence-electron chi connectivity index (χ2n) is 21.3. The van der Waals surface area contributed by atoms with Gasteiger partial charge in [-0.15, -0.1) is 0 Å². The van der Waals surface area contributed by atoms with Gasteiger partial charge in [0.15, 0.2) is 0 Å². The van der Waals surface area contributed by atoms with Crippen LogP contribution in [0.3, 0.4) is 0 Å². The highest BCUT2D eigenvalue weighted by atomic mass is 14.5. The third-order valence-electron chi connectivity index (χ3n) is 15.9. The van der Waals surface area contributed by atoms with Crippen LogP contribution < -0.4 is 10.4 Å². The maximum atomic E-state index is 4.26. The number of hydrogen-bond acceptors (Lipinski definition) is 0. The number of rotatable bonds is 3. The predicted octanol–water partition coefficient (Wildman–Crippen LogP) is 14.7. The predicted molar refractivity (Wildman–Crippen MR) is 247 cm³/mol. The van der Waals surface area contributed by atoms with Crippen LogP contribution in [0.5, 0.6) is 0 Å². The van der Waals surface area contributed by atoms with Crippen molar-refractivity contribution in [1.29, 1.82) is 0 Å². The standard InChI is InChI=1S/C55H60.CH4/c1-8-10-40-44(23-35-20-33-15-31(2)16-34(19-33)21-35)51-27-46-43-12-9-11-42-45-24-38(55(7)29-36-17-32(3)18-37(22-36)30-55)13-14-41(45)50(52(42)43)28-47(46)49-26-39(54(4,5)6)25-48(40)53(49)51;/h8-14,23-28,31-37H,1,15-22,29-30H2,2-7H3;1H4/b40-10+,44-23+;. The molecule has 0 radical (unpaired) electrons. The first kappa shape index (κ1) is 36.4. The topological polar surface area (TPSA) is 0 Å². The molecule has 0 spiro atoms. The van der Waals surface area contributed by atoms with Crippen molar-refractivity contribution in [2.24, 2.45) is 41.4 Å². The molecule has 0 amide bonds. The summed E-state index contributed by atoms with van der Waals surface area (Å²) in [7, 11) is 0. The zero-order valence-electron chi connectivity index (χ0n) is 34.3. The minimum atomic E-state index is 0.